The Hall–Kier alpha value is -3.52. The number of anilines is 1. The van der Waals surface area contributed by atoms with E-state index in [1.807, 2.05) is 30.3 Å². The maximum absolute atomic E-state index is 11.2. The van der Waals surface area contributed by atoms with Crippen LogP contribution >= 0.6 is 11.6 Å². The van der Waals surface area contributed by atoms with Crippen molar-refractivity contribution in [3.8, 4) is 11.1 Å². The van der Waals surface area contributed by atoms with Crippen LogP contribution < -0.4 is 4.90 Å². The van der Waals surface area contributed by atoms with Gasteiger partial charge in [-0.25, -0.2) is 24.7 Å². The summed E-state index contributed by atoms with van der Waals surface area (Å²) in [4.78, 5) is 32.1. The molecule has 0 spiro atoms. The second kappa shape index (κ2) is 7.38. The number of amides is 1. The standard InChI is InChI=1S/C21H17ClN6O2/c22-17-8-16-18(9-15(17)14-3-1-2-13-10-23-11-25-19(13)14)24-12-26-20(16)27-4-6-28(7-5-27)21(29)30/h1-3,8-12H,4-7H2,(H,29,30). The Morgan fingerprint density at radius 2 is 1.83 bits per heavy atom. The molecular weight excluding hydrogens is 404 g/mol. The highest BCUT2D eigenvalue weighted by molar-refractivity contribution is 6.34. The molecule has 1 N–H and O–H groups in total. The van der Waals surface area contributed by atoms with E-state index in [1.54, 1.807) is 6.20 Å². The molecule has 4 aromatic rings. The van der Waals surface area contributed by atoms with Crippen molar-refractivity contribution in [2.24, 2.45) is 0 Å². The fourth-order valence-electron chi connectivity index (χ4n) is 3.86. The maximum atomic E-state index is 11.2. The lowest BCUT2D eigenvalue weighted by Gasteiger charge is -2.34. The van der Waals surface area contributed by atoms with E-state index in [4.69, 9.17) is 11.6 Å². The molecule has 1 amide bonds. The first kappa shape index (κ1) is 18.5. The number of benzene rings is 2. The van der Waals surface area contributed by atoms with Gasteiger partial charge in [-0.2, -0.15) is 0 Å². The van der Waals surface area contributed by atoms with Crippen LogP contribution in [0.25, 0.3) is 32.9 Å². The second-order valence-corrected chi connectivity index (χ2v) is 7.48. The molecule has 2 aromatic carbocycles. The van der Waals surface area contributed by atoms with E-state index in [1.165, 1.54) is 17.6 Å². The van der Waals surface area contributed by atoms with Crippen molar-refractivity contribution in [3.05, 3.63) is 54.2 Å². The molecule has 30 heavy (non-hydrogen) atoms. The van der Waals surface area contributed by atoms with Gasteiger partial charge in [0, 0.05) is 59.3 Å². The minimum Gasteiger partial charge on any atom is -0.465 e. The maximum Gasteiger partial charge on any atom is 0.407 e. The average molecular weight is 421 g/mol. The lowest BCUT2D eigenvalue weighted by Crippen LogP contribution is -2.48. The van der Waals surface area contributed by atoms with Gasteiger partial charge in [0.05, 0.1) is 11.0 Å². The molecule has 8 nitrogen and oxygen atoms in total. The van der Waals surface area contributed by atoms with Crippen LogP contribution in [0.15, 0.2) is 49.2 Å². The number of hydrogen-bond donors (Lipinski definition) is 1. The zero-order valence-corrected chi connectivity index (χ0v) is 16.6. The Labute approximate surface area is 176 Å². The second-order valence-electron chi connectivity index (χ2n) is 7.07. The Bertz CT molecular complexity index is 1270. The lowest BCUT2D eigenvalue weighted by atomic mass is 10.0. The van der Waals surface area contributed by atoms with Crippen molar-refractivity contribution in [2.75, 3.05) is 31.1 Å². The van der Waals surface area contributed by atoms with Crippen molar-refractivity contribution in [1.29, 1.82) is 0 Å². The van der Waals surface area contributed by atoms with E-state index < -0.39 is 6.09 Å². The number of aromatic nitrogens is 4. The zero-order chi connectivity index (χ0) is 20.7. The molecule has 9 heteroatoms. The van der Waals surface area contributed by atoms with Crippen LogP contribution in [0.2, 0.25) is 5.02 Å². The molecule has 0 saturated carbocycles. The van der Waals surface area contributed by atoms with E-state index in [2.05, 4.69) is 24.8 Å². The number of piperazine rings is 1. The fraction of sp³-hybridized carbons (Fsp3) is 0.190. The summed E-state index contributed by atoms with van der Waals surface area (Å²) in [6.45, 7) is 2.00. The average Bonchev–Trinajstić information content (AvgIpc) is 2.78. The SMILES string of the molecule is O=C(O)N1CCN(c2ncnc3cc(-c4cccc5cncnc45)c(Cl)cc23)CC1. The zero-order valence-electron chi connectivity index (χ0n) is 15.9. The molecule has 0 atom stereocenters. The molecule has 0 bridgehead atoms. The van der Waals surface area contributed by atoms with Crippen LogP contribution in [0.3, 0.4) is 0 Å². The monoisotopic (exact) mass is 420 g/mol. The third kappa shape index (κ3) is 3.15. The molecule has 0 aliphatic carbocycles. The number of carboxylic acid groups (broad SMARTS) is 1. The van der Waals surface area contributed by atoms with Gasteiger partial charge in [-0.15, -0.1) is 0 Å². The normalized spacial score (nSPS) is 14.4. The minimum absolute atomic E-state index is 0.433. The molecule has 0 radical (unpaired) electrons. The summed E-state index contributed by atoms with van der Waals surface area (Å²) in [5, 5.41) is 11.5. The molecule has 1 saturated heterocycles. The number of fused-ring (bicyclic) bond motifs is 2. The Morgan fingerprint density at radius 1 is 1.00 bits per heavy atom. The van der Waals surface area contributed by atoms with Gasteiger partial charge in [0.1, 0.15) is 18.5 Å². The van der Waals surface area contributed by atoms with Crippen LogP contribution in [0, 0.1) is 0 Å². The van der Waals surface area contributed by atoms with Crippen molar-refractivity contribution >= 4 is 45.3 Å². The van der Waals surface area contributed by atoms with Gasteiger partial charge < -0.3 is 14.9 Å². The molecule has 1 aliphatic heterocycles. The Kier molecular flexibility index (Phi) is 4.55. The molecule has 1 aliphatic rings. The van der Waals surface area contributed by atoms with Crippen molar-refractivity contribution in [2.45, 2.75) is 0 Å². The van der Waals surface area contributed by atoms with Gasteiger partial charge in [-0.1, -0.05) is 29.8 Å². The molecular formula is C21H17ClN6O2. The number of carbonyl (C=O) groups is 1. The molecule has 2 aromatic heterocycles. The van der Waals surface area contributed by atoms with Crippen LogP contribution in [-0.2, 0) is 0 Å². The van der Waals surface area contributed by atoms with E-state index in [0.29, 0.717) is 31.2 Å². The van der Waals surface area contributed by atoms with Crippen LogP contribution in [0.4, 0.5) is 10.6 Å². The smallest absolute Gasteiger partial charge is 0.407 e. The third-order valence-corrected chi connectivity index (χ3v) is 5.69. The predicted octanol–water partition coefficient (Wildman–Crippen LogP) is 3.69. The van der Waals surface area contributed by atoms with Gasteiger partial charge in [0.25, 0.3) is 0 Å². The topological polar surface area (TPSA) is 95.3 Å². The first-order valence-electron chi connectivity index (χ1n) is 9.48. The number of nitrogens with zero attached hydrogens (tertiary/aromatic N) is 6. The van der Waals surface area contributed by atoms with Crippen LogP contribution in [0.5, 0.6) is 0 Å². The minimum atomic E-state index is -0.895. The molecule has 150 valence electrons. The Balaban J connectivity index is 1.58. The van der Waals surface area contributed by atoms with Gasteiger partial charge in [-0.3, -0.25) is 0 Å². The highest BCUT2D eigenvalue weighted by atomic mass is 35.5. The highest BCUT2D eigenvalue weighted by Gasteiger charge is 2.23. The first-order valence-corrected chi connectivity index (χ1v) is 9.86. The fourth-order valence-corrected chi connectivity index (χ4v) is 4.13. The third-order valence-electron chi connectivity index (χ3n) is 5.38. The lowest BCUT2D eigenvalue weighted by molar-refractivity contribution is 0.142. The Morgan fingerprint density at radius 3 is 2.63 bits per heavy atom. The van der Waals surface area contributed by atoms with Crippen LogP contribution in [0.1, 0.15) is 0 Å². The van der Waals surface area contributed by atoms with Gasteiger partial charge in [-0.05, 0) is 12.1 Å². The molecule has 0 unspecified atom stereocenters. The number of para-hydroxylation sites is 1. The van der Waals surface area contributed by atoms with Crippen molar-refractivity contribution in [3.63, 3.8) is 0 Å². The quantitative estimate of drug-likeness (QED) is 0.528. The predicted molar refractivity (Wildman–Crippen MR) is 115 cm³/mol. The molecule has 3 heterocycles. The summed E-state index contributed by atoms with van der Waals surface area (Å²) in [7, 11) is 0. The summed E-state index contributed by atoms with van der Waals surface area (Å²) >= 11 is 6.71. The van der Waals surface area contributed by atoms with Gasteiger partial charge >= 0.3 is 6.09 Å². The highest BCUT2D eigenvalue weighted by Crippen LogP contribution is 2.37. The first-order chi connectivity index (χ1) is 14.6. The van der Waals surface area contributed by atoms with Crippen LogP contribution in [-0.4, -0.2) is 62.2 Å². The number of rotatable bonds is 2. The largest absolute Gasteiger partial charge is 0.465 e. The summed E-state index contributed by atoms with van der Waals surface area (Å²) in [6, 6.07) is 9.73. The summed E-state index contributed by atoms with van der Waals surface area (Å²) in [6.07, 6.45) is 3.94. The van der Waals surface area contributed by atoms with E-state index in [-0.39, 0.29) is 0 Å². The van der Waals surface area contributed by atoms with Gasteiger partial charge in [0.15, 0.2) is 0 Å². The van der Waals surface area contributed by atoms with Crippen molar-refractivity contribution in [1.82, 2.24) is 24.8 Å². The summed E-state index contributed by atoms with van der Waals surface area (Å²) in [5.74, 6) is 0.763. The molecule has 5 rings (SSSR count). The number of halogens is 1. The van der Waals surface area contributed by atoms with E-state index >= 15 is 0 Å². The summed E-state index contributed by atoms with van der Waals surface area (Å²) < 4.78 is 0. The van der Waals surface area contributed by atoms with E-state index in [9.17, 15) is 9.90 Å². The number of hydrogen-bond acceptors (Lipinski definition) is 6. The van der Waals surface area contributed by atoms with E-state index in [0.717, 1.165) is 38.8 Å². The van der Waals surface area contributed by atoms with Gasteiger partial charge in [0.2, 0.25) is 0 Å². The summed E-state index contributed by atoms with van der Waals surface area (Å²) in [5.41, 5.74) is 3.35. The van der Waals surface area contributed by atoms with Crippen molar-refractivity contribution < 1.29 is 9.90 Å². The molecule has 1 fully saturated rings.